The molecule has 146 valence electrons. The average molecular weight is 464 g/mol. The molecular formula is C19H18BrN3O4S. The summed E-state index contributed by atoms with van der Waals surface area (Å²) < 4.78 is 33.0. The lowest BCUT2D eigenvalue weighted by Gasteiger charge is -2.34. The van der Waals surface area contributed by atoms with Crippen molar-refractivity contribution in [3.8, 4) is 0 Å². The molecule has 1 aliphatic rings. The molecule has 0 atom stereocenters. The molecule has 0 saturated carbocycles. The zero-order valence-electron chi connectivity index (χ0n) is 14.9. The fraction of sp³-hybridized carbons (Fsp3) is 0.263. The first kappa shape index (κ1) is 19.1. The van der Waals surface area contributed by atoms with Crippen LogP contribution in [0.2, 0.25) is 0 Å². The van der Waals surface area contributed by atoms with Gasteiger partial charge >= 0.3 is 0 Å². The summed E-state index contributed by atoms with van der Waals surface area (Å²) in [5.74, 6) is -0.0836. The maximum absolute atomic E-state index is 12.8. The molecule has 4 rings (SSSR count). The van der Waals surface area contributed by atoms with Gasteiger partial charge in [0.2, 0.25) is 15.9 Å². The zero-order valence-corrected chi connectivity index (χ0v) is 17.3. The highest BCUT2D eigenvalue weighted by molar-refractivity contribution is 9.10. The molecule has 1 amide bonds. The van der Waals surface area contributed by atoms with Gasteiger partial charge in [0, 0.05) is 36.0 Å². The molecule has 0 N–H and O–H groups in total. The van der Waals surface area contributed by atoms with Gasteiger partial charge < -0.3 is 9.42 Å². The van der Waals surface area contributed by atoms with E-state index in [-0.39, 0.29) is 30.3 Å². The normalized spacial score (nSPS) is 15.8. The van der Waals surface area contributed by atoms with E-state index in [1.54, 1.807) is 29.2 Å². The van der Waals surface area contributed by atoms with Gasteiger partial charge in [-0.1, -0.05) is 33.2 Å². The van der Waals surface area contributed by atoms with E-state index < -0.39 is 10.0 Å². The van der Waals surface area contributed by atoms with Crippen LogP contribution < -0.4 is 0 Å². The molecule has 0 spiro atoms. The van der Waals surface area contributed by atoms with Gasteiger partial charge in [-0.05, 0) is 36.4 Å². The van der Waals surface area contributed by atoms with Crippen LogP contribution >= 0.6 is 15.9 Å². The lowest BCUT2D eigenvalue weighted by molar-refractivity contribution is -0.131. The molecular weight excluding hydrogens is 446 g/mol. The van der Waals surface area contributed by atoms with Crippen LogP contribution in [0.5, 0.6) is 0 Å². The zero-order chi connectivity index (χ0) is 19.7. The van der Waals surface area contributed by atoms with Gasteiger partial charge in [-0.3, -0.25) is 4.79 Å². The number of hydrogen-bond donors (Lipinski definition) is 0. The molecule has 7 nitrogen and oxygen atoms in total. The summed E-state index contributed by atoms with van der Waals surface area (Å²) >= 11 is 3.31. The molecule has 1 aliphatic heterocycles. The molecule has 3 aromatic rings. The number of carbonyl (C=O) groups is 1. The first-order valence-electron chi connectivity index (χ1n) is 8.82. The topological polar surface area (TPSA) is 83.7 Å². The Morgan fingerprint density at radius 3 is 2.43 bits per heavy atom. The number of nitrogens with zero attached hydrogens (tertiary/aromatic N) is 3. The molecule has 0 bridgehead atoms. The van der Waals surface area contributed by atoms with Gasteiger partial charge in [0.05, 0.1) is 11.3 Å². The minimum atomic E-state index is -3.56. The number of piperazine rings is 1. The first-order valence-corrected chi connectivity index (χ1v) is 11.1. The number of sulfonamides is 1. The first-order chi connectivity index (χ1) is 13.4. The quantitative estimate of drug-likeness (QED) is 0.593. The number of hydrogen-bond acceptors (Lipinski definition) is 5. The minimum Gasteiger partial charge on any atom is -0.356 e. The standard InChI is InChI=1S/C19H18BrN3O4S/c20-14-5-7-15(8-6-14)28(25,26)23-11-9-22(10-12-23)19(24)13-17-16-3-1-2-4-18(16)27-21-17/h1-8H,9-13H2. The summed E-state index contributed by atoms with van der Waals surface area (Å²) in [6.07, 6.45) is 0.135. The number of amides is 1. The second kappa shape index (κ2) is 7.65. The molecule has 1 saturated heterocycles. The molecule has 1 aromatic heterocycles. The van der Waals surface area contributed by atoms with Crippen molar-refractivity contribution < 1.29 is 17.7 Å². The van der Waals surface area contributed by atoms with E-state index in [1.165, 1.54) is 4.31 Å². The van der Waals surface area contributed by atoms with Crippen molar-refractivity contribution in [1.82, 2.24) is 14.4 Å². The number of carbonyl (C=O) groups excluding carboxylic acids is 1. The summed E-state index contributed by atoms with van der Waals surface area (Å²) in [5, 5.41) is 4.82. The Hall–Kier alpha value is -2.23. The molecule has 0 aliphatic carbocycles. The highest BCUT2D eigenvalue weighted by Gasteiger charge is 2.30. The second-order valence-corrected chi connectivity index (χ2v) is 9.39. The van der Waals surface area contributed by atoms with Gasteiger partial charge in [0.15, 0.2) is 5.58 Å². The summed E-state index contributed by atoms with van der Waals surface area (Å²) in [4.78, 5) is 14.6. The summed E-state index contributed by atoms with van der Waals surface area (Å²) in [7, 11) is -3.56. The average Bonchev–Trinajstić information content (AvgIpc) is 3.11. The van der Waals surface area contributed by atoms with Crippen molar-refractivity contribution in [1.29, 1.82) is 0 Å². The largest absolute Gasteiger partial charge is 0.356 e. The molecule has 1 fully saturated rings. The molecule has 2 heterocycles. The van der Waals surface area contributed by atoms with Gasteiger partial charge in [0.25, 0.3) is 0 Å². The number of benzene rings is 2. The third-order valence-electron chi connectivity index (χ3n) is 4.81. The Balaban J connectivity index is 1.41. The maximum Gasteiger partial charge on any atom is 0.243 e. The van der Waals surface area contributed by atoms with Crippen molar-refractivity contribution >= 4 is 42.8 Å². The fourth-order valence-corrected chi connectivity index (χ4v) is 4.94. The second-order valence-electron chi connectivity index (χ2n) is 6.54. The van der Waals surface area contributed by atoms with Crippen LogP contribution in [-0.2, 0) is 21.2 Å². The molecule has 28 heavy (non-hydrogen) atoms. The number of rotatable bonds is 4. The van der Waals surface area contributed by atoms with Crippen molar-refractivity contribution in [2.24, 2.45) is 0 Å². The highest BCUT2D eigenvalue weighted by atomic mass is 79.9. The van der Waals surface area contributed by atoms with E-state index >= 15 is 0 Å². The van der Waals surface area contributed by atoms with Crippen LogP contribution in [-0.4, -0.2) is 54.9 Å². The molecule has 9 heteroatoms. The van der Waals surface area contributed by atoms with Crippen LogP contribution in [0.25, 0.3) is 11.0 Å². The van der Waals surface area contributed by atoms with Crippen molar-refractivity contribution in [2.75, 3.05) is 26.2 Å². The SMILES string of the molecule is O=C(Cc1noc2ccccc12)N1CCN(S(=O)(=O)c2ccc(Br)cc2)CC1. The molecule has 2 aromatic carbocycles. The van der Waals surface area contributed by atoms with Crippen molar-refractivity contribution in [2.45, 2.75) is 11.3 Å². The minimum absolute atomic E-state index is 0.0836. The van der Waals surface area contributed by atoms with Gasteiger partial charge in [-0.25, -0.2) is 8.42 Å². The lowest BCUT2D eigenvalue weighted by Crippen LogP contribution is -2.50. The Kier molecular flexibility index (Phi) is 5.22. The van der Waals surface area contributed by atoms with Crippen LogP contribution in [0, 0.1) is 0 Å². The Morgan fingerprint density at radius 2 is 1.71 bits per heavy atom. The summed E-state index contributed by atoms with van der Waals surface area (Å²) in [6, 6.07) is 14.0. The third-order valence-corrected chi connectivity index (χ3v) is 7.26. The predicted octanol–water partition coefficient (Wildman–Crippen LogP) is 2.67. The van der Waals surface area contributed by atoms with Crippen LogP contribution in [0.15, 0.2) is 62.4 Å². The number of fused-ring (bicyclic) bond motifs is 1. The van der Waals surface area contributed by atoms with Gasteiger partial charge in [-0.2, -0.15) is 4.31 Å². The van der Waals surface area contributed by atoms with Crippen LogP contribution in [0.4, 0.5) is 0 Å². The van der Waals surface area contributed by atoms with E-state index in [1.807, 2.05) is 24.3 Å². The van der Waals surface area contributed by atoms with E-state index in [2.05, 4.69) is 21.1 Å². The van der Waals surface area contributed by atoms with E-state index in [0.717, 1.165) is 9.86 Å². The van der Waals surface area contributed by atoms with E-state index in [0.29, 0.717) is 24.4 Å². The van der Waals surface area contributed by atoms with E-state index in [4.69, 9.17) is 4.52 Å². The lowest BCUT2D eigenvalue weighted by atomic mass is 10.1. The van der Waals surface area contributed by atoms with Gasteiger partial charge in [-0.15, -0.1) is 0 Å². The predicted molar refractivity (Wildman–Crippen MR) is 107 cm³/mol. The van der Waals surface area contributed by atoms with Crippen LogP contribution in [0.3, 0.4) is 0 Å². The molecule has 0 unspecified atom stereocenters. The number of halogens is 1. The number of para-hydroxylation sites is 1. The Labute approximate surface area is 171 Å². The summed E-state index contributed by atoms with van der Waals surface area (Å²) in [5.41, 5.74) is 1.25. The molecule has 0 radical (unpaired) electrons. The summed E-state index contributed by atoms with van der Waals surface area (Å²) in [6.45, 7) is 1.24. The number of aromatic nitrogens is 1. The van der Waals surface area contributed by atoms with E-state index in [9.17, 15) is 13.2 Å². The monoisotopic (exact) mass is 463 g/mol. The highest BCUT2D eigenvalue weighted by Crippen LogP contribution is 2.21. The van der Waals surface area contributed by atoms with Crippen LogP contribution in [0.1, 0.15) is 5.69 Å². The Bertz CT molecular complexity index is 1100. The van der Waals surface area contributed by atoms with Crippen molar-refractivity contribution in [3.63, 3.8) is 0 Å². The maximum atomic E-state index is 12.8. The van der Waals surface area contributed by atoms with Crippen molar-refractivity contribution in [3.05, 3.63) is 58.7 Å². The smallest absolute Gasteiger partial charge is 0.243 e. The third kappa shape index (κ3) is 3.69. The fourth-order valence-electron chi connectivity index (χ4n) is 3.25. The Morgan fingerprint density at radius 1 is 1.04 bits per heavy atom. The van der Waals surface area contributed by atoms with Gasteiger partial charge in [0.1, 0.15) is 5.69 Å².